The van der Waals surface area contributed by atoms with E-state index >= 15 is 0 Å². The van der Waals surface area contributed by atoms with Gasteiger partial charge in [0, 0.05) is 11.7 Å². The van der Waals surface area contributed by atoms with Crippen LogP contribution in [0.4, 0.5) is 5.69 Å². The van der Waals surface area contributed by atoms with E-state index in [9.17, 15) is 9.59 Å². The molecule has 1 unspecified atom stereocenters. The summed E-state index contributed by atoms with van der Waals surface area (Å²) in [6.07, 6.45) is 3.40. The zero-order valence-corrected chi connectivity index (χ0v) is 10.3. The Morgan fingerprint density at radius 2 is 2.00 bits per heavy atom. The topological polar surface area (TPSA) is 63.4 Å². The highest BCUT2D eigenvalue weighted by Crippen LogP contribution is 2.36. The highest BCUT2D eigenvalue weighted by Gasteiger charge is 2.42. The molecule has 4 heteroatoms. The summed E-state index contributed by atoms with van der Waals surface area (Å²) in [5.41, 5.74) is 7.04. The Hall–Kier alpha value is -1.84. The van der Waals surface area contributed by atoms with E-state index < -0.39 is 0 Å². The third-order valence-electron chi connectivity index (χ3n) is 4.22. The minimum atomic E-state index is -0.229. The molecule has 94 valence electrons. The lowest BCUT2D eigenvalue weighted by molar-refractivity contribution is 0.0489. The van der Waals surface area contributed by atoms with Crippen molar-refractivity contribution in [3.63, 3.8) is 0 Å². The predicted octanol–water partition coefficient (Wildman–Crippen LogP) is 2.05. The normalized spacial score (nSPS) is 20.8. The summed E-state index contributed by atoms with van der Waals surface area (Å²) in [6.45, 7) is 1.96. The average Bonchev–Trinajstić information content (AvgIpc) is 2.50. The fourth-order valence-electron chi connectivity index (χ4n) is 2.83. The molecule has 1 aromatic carbocycles. The maximum Gasteiger partial charge on any atom is 0.263 e. The molecule has 0 saturated heterocycles. The van der Waals surface area contributed by atoms with Gasteiger partial charge < -0.3 is 5.73 Å². The quantitative estimate of drug-likeness (QED) is 0.639. The molecule has 1 aliphatic heterocycles. The van der Waals surface area contributed by atoms with Crippen LogP contribution in [-0.2, 0) is 0 Å². The number of rotatable bonds is 2. The maximum atomic E-state index is 12.3. The Balaban J connectivity index is 1.99. The monoisotopic (exact) mass is 244 g/mol. The van der Waals surface area contributed by atoms with Crippen molar-refractivity contribution in [2.45, 2.75) is 32.2 Å². The summed E-state index contributed by atoms with van der Waals surface area (Å²) < 4.78 is 0. The number of benzene rings is 1. The van der Waals surface area contributed by atoms with Gasteiger partial charge in [-0.15, -0.1) is 0 Å². The molecular formula is C14H16N2O2. The highest BCUT2D eigenvalue weighted by molar-refractivity contribution is 6.23. The molecule has 2 aliphatic rings. The summed E-state index contributed by atoms with van der Waals surface area (Å²) in [7, 11) is 0. The predicted molar refractivity (Wildman–Crippen MR) is 68.2 cm³/mol. The Morgan fingerprint density at radius 1 is 1.28 bits per heavy atom. The molecular weight excluding hydrogens is 228 g/mol. The largest absolute Gasteiger partial charge is 0.398 e. The number of carbonyl (C=O) groups is 2. The number of amides is 2. The summed E-state index contributed by atoms with van der Waals surface area (Å²) >= 11 is 0. The van der Waals surface area contributed by atoms with Gasteiger partial charge in [-0.1, -0.05) is 12.5 Å². The Bertz CT molecular complexity index is 535. The molecule has 1 aliphatic carbocycles. The number of nitrogens with two attached hydrogens (primary N) is 1. The number of carbonyl (C=O) groups excluding carboxylic acids is 2. The standard InChI is InChI=1S/C14H16N2O2/c1-8(9-4-2-5-9)16-13(17)10-6-3-7-11(15)12(10)14(16)18/h3,6-9H,2,4-5,15H2,1H3. The second-order valence-electron chi connectivity index (χ2n) is 5.18. The second kappa shape index (κ2) is 3.83. The van der Waals surface area contributed by atoms with Gasteiger partial charge >= 0.3 is 0 Å². The minimum Gasteiger partial charge on any atom is -0.398 e. The van der Waals surface area contributed by atoms with Crippen molar-refractivity contribution in [1.29, 1.82) is 0 Å². The van der Waals surface area contributed by atoms with Crippen molar-refractivity contribution in [1.82, 2.24) is 4.90 Å². The molecule has 1 fully saturated rings. The van der Waals surface area contributed by atoms with Crippen LogP contribution in [0, 0.1) is 5.92 Å². The van der Waals surface area contributed by atoms with Crippen LogP contribution in [0.2, 0.25) is 0 Å². The van der Waals surface area contributed by atoms with Crippen LogP contribution in [0.5, 0.6) is 0 Å². The van der Waals surface area contributed by atoms with Gasteiger partial charge in [0.2, 0.25) is 0 Å². The SMILES string of the molecule is CC(C1CCC1)N1C(=O)c2cccc(N)c2C1=O. The molecule has 1 aromatic rings. The molecule has 4 nitrogen and oxygen atoms in total. The molecule has 18 heavy (non-hydrogen) atoms. The van der Waals surface area contributed by atoms with E-state index in [4.69, 9.17) is 5.73 Å². The molecule has 2 N–H and O–H groups in total. The zero-order valence-electron chi connectivity index (χ0n) is 10.3. The van der Waals surface area contributed by atoms with Crippen molar-refractivity contribution in [2.24, 2.45) is 5.92 Å². The van der Waals surface area contributed by atoms with Crippen LogP contribution >= 0.6 is 0 Å². The maximum absolute atomic E-state index is 12.3. The van der Waals surface area contributed by atoms with Crippen LogP contribution in [0.15, 0.2) is 18.2 Å². The summed E-state index contributed by atoms with van der Waals surface area (Å²) in [5, 5.41) is 0. The summed E-state index contributed by atoms with van der Waals surface area (Å²) in [4.78, 5) is 26.0. The fraction of sp³-hybridized carbons (Fsp3) is 0.429. The molecule has 1 atom stereocenters. The van der Waals surface area contributed by atoms with E-state index in [0.29, 0.717) is 22.7 Å². The van der Waals surface area contributed by atoms with Crippen LogP contribution in [0.1, 0.15) is 46.9 Å². The van der Waals surface area contributed by atoms with E-state index in [-0.39, 0.29) is 17.9 Å². The molecule has 0 aromatic heterocycles. The van der Waals surface area contributed by atoms with Gasteiger partial charge in [-0.2, -0.15) is 0 Å². The Kier molecular flexibility index (Phi) is 2.40. The number of nitrogens with zero attached hydrogens (tertiary/aromatic N) is 1. The molecule has 1 heterocycles. The van der Waals surface area contributed by atoms with Gasteiger partial charge in [0.15, 0.2) is 0 Å². The van der Waals surface area contributed by atoms with Gasteiger partial charge in [0.05, 0.1) is 11.1 Å². The first kappa shape index (κ1) is 11.3. The molecule has 0 bridgehead atoms. The van der Waals surface area contributed by atoms with Gasteiger partial charge in [0.1, 0.15) is 0 Å². The first-order valence-electron chi connectivity index (χ1n) is 6.37. The van der Waals surface area contributed by atoms with Crippen molar-refractivity contribution < 1.29 is 9.59 Å². The number of imide groups is 1. The average molecular weight is 244 g/mol. The Labute approximate surface area is 106 Å². The number of fused-ring (bicyclic) bond motifs is 1. The van der Waals surface area contributed by atoms with Crippen LogP contribution in [0.25, 0.3) is 0 Å². The minimum absolute atomic E-state index is 0.0226. The zero-order chi connectivity index (χ0) is 12.9. The van der Waals surface area contributed by atoms with E-state index in [0.717, 1.165) is 12.8 Å². The summed E-state index contributed by atoms with van der Waals surface area (Å²) in [6, 6.07) is 5.04. The van der Waals surface area contributed by atoms with Crippen LogP contribution in [-0.4, -0.2) is 22.8 Å². The van der Waals surface area contributed by atoms with Crippen molar-refractivity contribution in [3.8, 4) is 0 Å². The van der Waals surface area contributed by atoms with Crippen LogP contribution in [0.3, 0.4) is 0 Å². The molecule has 3 rings (SSSR count). The van der Waals surface area contributed by atoms with Crippen LogP contribution < -0.4 is 5.73 Å². The lowest BCUT2D eigenvalue weighted by Crippen LogP contribution is -2.44. The van der Waals surface area contributed by atoms with Crippen molar-refractivity contribution in [2.75, 3.05) is 5.73 Å². The van der Waals surface area contributed by atoms with E-state index in [2.05, 4.69) is 0 Å². The van der Waals surface area contributed by atoms with Crippen molar-refractivity contribution >= 4 is 17.5 Å². The lowest BCUT2D eigenvalue weighted by Gasteiger charge is -2.36. The first-order valence-corrected chi connectivity index (χ1v) is 6.37. The number of hydrogen-bond acceptors (Lipinski definition) is 3. The first-order chi connectivity index (χ1) is 8.61. The number of hydrogen-bond donors (Lipinski definition) is 1. The fourth-order valence-corrected chi connectivity index (χ4v) is 2.83. The van der Waals surface area contributed by atoms with Gasteiger partial charge in [-0.25, -0.2) is 0 Å². The molecule has 2 amide bonds. The lowest BCUT2D eigenvalue weighted by atomic mass is 9.80. The van der Waals surface area contributed by atoms with E-state index in [1.54, 1.807) is 18.2 Å². The number of anilines is 1. The number of nitrogen functional groups attached to an aromatic ring is 1. The third-order valence-corrected chi connectivity index (χ3v) is 4.22. The van der Waals surface area contributed by atoms with E-state index in [1.165, 1.54) is 11.3 Å². The third kappa shape index (κ3) is 1.38. The van der Waals surface area contributed by atoms with E-state index in [1.807, 2.05) is 6.92 Å². The van der Waals surface area contributed by atoms with Gasteiger partial charge in [0.25, 0.3) is 11.8 Å². The smallest absolute Gasteiger partial charge is 0.263 e. The summed E-state index contributed by atoms with van der Waals surface area (Å²) in [5.74, 6) is 0.0302. The molecule has 1 saturated carbocycles. The van der Waals surface area contributed by atoms with Gasteiger partial charge in [-0.05, 0) is 37.8 Å². The highest BCUT2D eigenvalue weighted by atomic mass is 16.2. The van der Waals surface area contributed by atoms with Gasteiger partial charge in [-0.3, -0.25) is 14.5 Å². The van der Waals surface area contributed by atoms with Crippen molar-refractivity contribution in [3.05, 3.63) is 29.3 Å². The Morgan fingerprint density at radius 3 is 2.56 bits per heavy atom. The molecule has 0 radical (unpaired) electrons. The molecule has 0 spiro atoms. The second-order valence-corrected chi connectivity index (χ2v) is 5.18.